The minimum atomic E-state index is -5.05. The maximum absolute atomic E-state index is 14.2. The van der Waals surface area contributed by atoms with Gasteiger partial charge in [0, 0.05) is 18.0 Å². The molecule has 0 aliphatic rings. The van der Waals surface area contributed by atoms with Crippen LogP contribution in [-0.4, -0.2) is 35.8 Å². The van der Waals surface area contributed by atoms with Crippen molar-refractivity contribution in [3.63, 3.8) is 0 Å². The highest BCUT2D eigenvalue weighted by molar-refractivity contribution is 7.90. The molecular weight excluding hydrogens is 501 g/mol. The Morgan fingerprint density at radius 3 is 2.43 bits per heavy atom. The van der Waals surface area contributed by atoms with Crippen LogP contribution in [0.1, 0.15) is 27.3 Å². The normalized spacial score (nSPS) is 11.6. The molecule has 3 rings (SSSR count). The molecule has 0 atom stereocenters. The lowest BCUT2D eigenvalue weighted by Crippen LogP contribution is -2.21. The Hall–Kier alpha value is -4.19. The SMILES string of the molecule is Cc1c(C(F)(F)F)nnc(Oc2c(F)cc(C#N)nc2F)c1C(=O)Nc1cccc(S(C)(=O)=O)c1. The number of nitrogens with zero attached hydrogens (tertiary/aromatic N) is 4. The number of nitrogens with one attached hydrogen (secondary N) is 1. The van der Waals surface area contributed by atoms with Gasteiger partial charge in [0.25, 0.3) is 17.7 Å². The highest BCUT2D eigenvalue weighted by atomic mass is 32.2. The van der Waals surface area contributed by atoms with Crippen molar-refractivity contribution in [1.29, 1.82) is 5.26 Å². The molecular formula is C20H12F5N5O4S. The highest BCUT2D eigenvalue weighted by Crippen LogP contribution is 2.36. The molecule has 182 valence electrons. The van der Waals surface area contributed by atoms with Gasteiger partial charge in [0.15, 0.2) is 21.3 Å². The fourth-order valence-electron chi connectivity index (χ4n) is 2.82. The first-order chi connectivity index (χ1) is 16.2. The number of ether oxygens (including phenoxy) is 1. The molecule has 15 heteroatoms. The molecule has 0 saturated heterocycles. The Kier molecular flexibility index (Phi) is 6.70. The van der Waals surface area contributed by atoms with Crippen molar-refractivity contribution in [2.24, 2.45) is 0 Å². The van der Waals surface area contributed by atoms with Crippen LogP contribution in [0.15, 0.2) is 35.2 Å². The number of alkyl halides is 3. The molecule has 1 amide bonds. The number of sulfone groups is 1. The molecule has 9 nitrogen and oxygen atoms in total. The summed E-state index contributed by atoms with van der Waals surface area (Å²) in [6, 6.07) is 6.70. The molecule has 35 heavy (non-hydrogen) atoms. The van der Waals surface area contributed by atoms with E-state index in [-0.39, 0.29) is 10.6 Å². The van der Waals surface area contributed by atoms with Gasteiger partial charge in [0.1, 0.15) is 17.3 Å². The Labute approximate surface area is 194 Å². The summed E-state index contributed by atoms with van der Waals surface area (Å²) in [4.78, 5) is 15.9. The van der Waals surface area contributed by atoms with Crippen molar-refractivity contribution in [2.75, 3.05) is 11.6 Å². The van der Waals surface area contributed by atoms with E-state index in [9.17, 15) is 35.2 Å². The molecule has 0 radical (unpaired) electrons. The monoisotopic (exact) mass is 513 g/mol. The van der Waals surface area contributed by atoms with E-state index in [0.717, 1.165) is 19.2 Å². The average molecular weight is 513 g/mol. The van der Waals surface area contributed by atoms with Gasteiger partial charge in [-0.25, -0.2) is 17.8 Å². The molecule has 0 fully saturated rings. The molecule has 0 saturated carbocycles. The lowest BCUT2D eigenvalue weighted by molar-refractivity contribution is -0.142. The van der Waals surface area contributed by atoms with E-state index in [1.807, 2.05) is 0 Å². The van der Waals surface area contributed by atoms with Gasteiger partial charge in [0.05, 0.1) is 4.90 Å². The van der Waals surface area contributed by atoms with Crippen molar-refractivity contribution < 1.29 is 39.9 Å². The van der Waals surface area contributed by atoms with Crippen LogP contribution < -0.4 is 10.1 Å². The second kappa shape index (κ2) is 9.22. The second-order valence-electron chi connectivity index (χ2n) is 6.93. The first kappa shape index (κ1) is 25.4. The van der Waals surface area contributed by atoms with Gasteiger partial charge in [0.2, 0.25) is 5.75 Å². The Balaban J connectivity index is 2.12. The van der Waals surface area contributed by atoms with Crippen molar-refractivity contribution >= 4 is 21.4 Å². The summed E-state index contributed by atoms with van der Waals surface area (Å²) in [7, 11) is -3.68. The Bertz CT molecular complexity index is 1460. The van der Waals surface area contributed by atoms with Crippen molar-refractivity contribution in [1.82, 2.24) is 15.2 Å². The summed E-state index contributed by atoms with van der Waals surface area (Å²) in [6.45, 7) is 0.857. The minimum absolute atomic E-state index is 0.119. The Morgan fingerprint density at radius 2 is 1.86 bits per heavy atom. The number of carbonyl (C=O) groups is 1. The van der Waals surface area contributed by atoms with Gasteiger partial charge < -0.3 is 10.1 Å². The zero-order valence-corrected chi connectivity index (χ0v) is 18.4. The predicted octanol–water partition coefficient (Wildman–Crippen LogP) is 3.80. The smallest absolute Gasteiger partial charge is 0.429 e. The van der Waals surface area contributed by atoms with E-state index in [1.54, 1.807) is 0 Å². The zero-order valence-electron chi connectivity index (χ0n) is 17.6. The van der Waals surface area contributed by atoms with Gasteiger partial charge in [-0.05, 0) is 30.7 Å². The minimum Gasteiger partial charge on any atom is -0.429 e. The topological polar surface area (TPSA) is 135 Å². The fraction of sp³-hybridized carbons (Fsp3) is 0.150. The van der Waals surface area contributed by atoms with Crippen LogP contribution in [0.25, 0.3) is 0 Å². The number of carbonyl (C=O) groups excluding carboxylic acids is 1. The van der Waals surface area contributed by atoms with Crippen LogP contribution in [-0.2, 0) is 16.0 Å². The standard InChI is InChI=1S/C20H12F5N5O4S/c1-9-14(18(31)28-10-4-3-5-12(6-10)35(2,32)33)19(30-29-16(9)20(23,24)25)34-15-13(21)7-11(8-26)27-17(15)22/h3-7H,1-2H3,(H,28,31). The van der Waals surface area contributed by atoms with Crippen molar-refractivity contribution in [3.8, 4) is 17.7 Å². The summed E-state index contributed by atoms with van der Waals surface area (Å²) >= 11 is 0. The van der Waals surface area contributed by atoms with E-state index in [4.69, 9.17) is 10.00 Å². The third-order valence-corrected chi connectivity index (χ3v) is 5.51. The molecule has 0 aliphatic heterocycles. The van der Waals surface area contributed by atoms with Gasteiger partial charge in [-0.15, -0.1) is 10.2 Å². The first-order valence-electron chi connectivity index (χ1n) is 9.22. The number of halogens is 5. The van der Waals surface area contributed by atoms with Crippen LogP contribution in [0, 0.1) is 30.0 Å². The number of aromatic nitrogens is 3. The lowest BCUT2D eigenvalue weighted by Gasteiger charge is -2.16. The number of nitriles is 1. The summed E-state index contributed by atoms with van der Waals surface area (Å²) in [5, 5.41) is 17.1. The van der Waals surface area contributed by atoms with Gasteiger partial charge in [-0.3, -0.25) is 4.79 Å². The first-order valence-corrected chi connectivity index (χ1v) is 11.1. The van der Waals surface area contributed by atoms with E-state index >= 15 is 0 Å². The molecule has 2 aromatic heterocycles. The van der Waals surface area contributed by atoms with Crippen molar-refractivity contribution in [2.45, 2.75) is 18.0 Å². The number of amides is 1. The fourth-order valence-corrected chi connectivity index (χ4v) is 3.49. The van der Waals surface area contributed by atoms with Gasteiger partial charge in [-0.2, -0.15) is 22.8 Å². The third kappa shape index (κ3) is 5.49. The van der Waals surface area contributed by atoms with E-state index in [0.29, 0.717) is 6.07 Å². The third-order valence-electron chi connectivity index (χ3n) is 4.40. The zero-order chi connectivity index (χ0) is 26.1. The maximum atomic E-state index is 14.2. The predicted molar refractivity (Wildman–Crippen MR) is 108 cm³/mol. The van der Waals surface area contributed by atoms with Gasteiger partial charge >= 0.3 is 6.18 Å². The van der Waals surface area contributed by atoms with Crippen LogP contribution >= 0.6 is 0 Å². The van der Waals surface area contributed by atoms with Crippen LogP contribution in [0.3, 0.4) is 0 Å². The highest BCUT2D eigenvalue weighted by Gasteiger charge is 2.38. The van der Waals surface area contributed by atoms with Gasteiger partial charge in [-0.1, -0.05) is 6.07 Å². The summed E-state index contributed by atoms with van der Waals surface area (Å²) in [5.74, 6) is -6.60. The summed E-state index contributed by atoms with van der Waals surface area (Å²) < 4.78 is 97.0. The molecule has 3 aromatic rings. The van der Waals surface area contributed by atoms with E-state index in [2.05, 4.69) is 20.5 Å². The van der Waals surface area contributed by atoms with Crippen LogP contribution in [0.5, 0.6) is 11.6 Å². The maximum Gasteiger partial charge on any atom is 0.435 e. The van der Waals surface area contributed by atoms with E-state index < -0.39 is 67.8 Å². The number of benzene rings is 1. The molecule has 1 N–H and O–H groups in total. The number of pyridine rings is 1. The summed E-state index contributed by atoms with van der Waals surface area (Å²) in [5.41, 5.74) is -4.02. The molecule has 2 heterocycles. The summed E-state index contributed by atoms with van der Waals surface area (Å²) in [6.07, 6.45) is -4.14. The molecule has 1 aromatic carbocycles. The molecule has 0 bridgehead atoms. The Morgan fingerprint density at radius 1 is 1.17 bits per heavy atom. The molecule has 0 spiro atoms. The average Bonchev–Trinajstić information content (AvgIpc) is 2.74. The number of hydrogen-bond donors (Lipinski definition) is 1. The van der Waals surface area contributed by atoms with Crippen LogP contribution in [0.4, 0.5) is 27.6 Å². The molecule has 0 unspecified atom stereocenters. The largest absolute Gasteiger partial charge is 0.435 e. The van der Waals surface area contributed by atoms with E-state index in [1.165, 1.54) is 24.3 Å². The molecule has 0 aliphatic carbocycles. The quantitative estimate of drug-likeness (QED) is 0.402. The number of rotatable bonds is 5. The lowest BCUT2D eigenvalue weighted by atomic mass is 10.1. The van der Waals surface area contributed by atoms with Crippen LogP contribution in [0.2, 0.25) is 0 Å². The number of hydrogen-bond acceptors (Lipinski definition) is 8. The number of anilines is 1. The second-order valence-corrected chi connectivity index (χ2v) is 8.94. The van der Waals surface area contributed by atoms with Crippen molar-refractivity contribution in [3.05, 3.63) is 64.6 Å².